The Kier molecular flexibility index (Phi) is 6.15. The van der Waals surface area contributed by atoms with Crippen molar-refractivity contribution in [3.05, 3.63) is 12.2 Å². The van der Waals surface area contributed by atoms with Crippen LogP contribution >= 0.6 is 0 Å². The SMILES string of the molecule is CC.CN1C/C=C\CCOC1=O. The van der Waals surface area contributed by atoms with Crippen LogP contribution in [0.15, 0.2) is 12.2 Å². The number of ether oxygens (including phenoxy) is 1. The summed E-state index contributed by atoms with van der Waals surface area (Å²) in [6.45, 7) is 5.15. The van der Waals surface area contributed by atoms with E-state index >= 15 is 0 Å². The van der Waals surface area contributed by atoms with Gasteiger partial charge in [0.2, 0.25) is 0 Å². The molecule has 0 aromatic rings. The van der Waals surface area contributed by atoms with Crippen LogP contribution in [-0.2, 0) is 4.74 Å². The Labute approximate surface area is 74.0 Å². The molecule has 0 spiro atoms. The van der Waals surface area contributed by atoms with Gasteiger partial charge in [-0.1, -0.05) is 26.0 Å². The topological polar surface area (TPSA) is 29.5 Å². The van der Waals surface area contributed by atoms with E-state index in [4.69, 9.17) is 4.74 Å². The standard InChI is InChI=1S/C7H11NO2.C2H6/c1-8-5-3-2-4-6-10-7(8)9;1-2/h2-3H,4-6H2,1H3;1-2H3/b3-2-;. The van der Waals surface area contributed by atoms with Crippen LogP contribution in [0.4, 0.5) is 4.79 Å². The van der Waals surface area contributed by atoms with Crippen LogP contribution in [0.1, 0.15) is 20.3 Å². The number of cyclic esters (lactones) is 1. The van der Waals surface area contributed by atoms with Gasteiger partial charge in [-0.05, 0) is 6.42 Å². The molecular formula is C9H17NO2. The molecule has 1 heterocycles. The van der Waals surface area contributed by atoms with Gasteiger partial charge in [0.1, 0.15) is 0 Å². The third-order valence-corrected chi connectivity index (χ3v) is 1.37. The highest BCUT2D eigenvalue weighted by Crippen LogP contribution is 1.97. The number of likely N-dealkylation sites (N-methyl/N-ethyl adjacent to an activating group) is 1. The van der Waals surface area contributed by atoms with Crippen molar-refractivity contribution in [3.8, 4) is 0 Å². The number of nitrogens with zero attached hydrogens (tertiary/aromatic N) is 1. The van der Waals surface area contributed by atoms with Crippen molar-refractivity contribution >= 4 is 6.09 Å². The van der Waals surface area contributed by atoms with Crippen LogP contribution in [0, 0.1) is 0 Å². The smallest absolute Gasteiger partial charge is 0.409 e. The quantitative estimate of drug-likeness (QED) is 0.522. The molecule has 0 fully saturated rings. The maximum Gasteiger partial charge on any atom is 0.409 e. The van der Waals surface area contributed by atoms with Crippen LogP contribution in [0.25, 0.3) is 0 Å². The summed E-state index contributed by atoms with van der Waals surface area (Å²) in [6, 6.07) is 0. The first kappa shape index (κ1) is 11.0. The van der Waals surface area contributed by atoms with Crippen LogP contribution < -0.4 is 0 Å². The molecular weight excluding hydrogens is 154 g/mol. The average Bonchev–Trinajstić information content (AvgIpc) is 2.11. The zero-order valence-electron chi connectivity index (χ0n) is 8.04. The van der Waals surface area contributed by atoms with Crippen LogP contribution in [0.3, 0.4) is 0 Å². The molecule has 1 aliphatic rings. The molecule has 12 heavy (non-hydrogen) atoms. The number of carbonyl (C=O) groups is 1. The van der Waals surface area contributed by atoms with Gasteiger partial charge in [0.25, 0.3) is 0 Å². The summed E-state index contributed by atoms with van der Waals surface area (Å²) in [5.41, 5.74) is 0. The van der Waals surface area contributed by atoms with Crippen molar-refractivity contribution in [2.75, 3.05) is 20.2 Å². The highest BCUT2D eigenvalue weighted by Gasteiger charge is 2.08. The molecule has 0 aromatic heterocycles. The molecule has 0 unspecified atom stereocenters. The largest absolute Gasteiger partial charge is 0.449 e. The predicted octanol–water partition coefficient (Wildman–Crippen LogP) is 2.04. The molecule has 0 saturated heterocycles. The molecule has 1 amide bonds. The number of carbonyl (C=O) groups excluding carboxylic acids is 1. The summed E-state index contributed by atoms with van der Waals surface area (Å²) in [4.78, 5) is 12.4. The van der Waals surface area contributed by atoms with Gasteiger partial charge >= 0.3 is 6.09 Å². The van der Waals surface area contributed by atoms with E-state index < -0.39 is 0 Å². The van der Waals surface area contributed by atoms with Crippen LogP contribution in [0.2, 0.25) is 0 Å². The molecule has 1 rings (SSSR count). The lowest BCUT2D eigenvalue weighted by molar-refractivity contribution is 0.114. The van der Waals surface area contributed by atoms with Crippen LogP contribution in [0.5, 0.6) is 0 Å². The molecule has 0 aliphatic carbocycles. The lowest BCUT2D eigenvalue weighted by atomic mass is 10.3. The zero-order valence-corrected chi connectivity index (χ0v) is 8.04. The first-order valence-corrected chi connectivity index (χ1v) is 4.33. The maximum absolute atomic E-state index is 10.8. The summed E-state index contributed by atoms with van der Waals surface area (Å²) in [5.74, 6) is 0. The lowest BCUT2D eigenvalue weighted by Crippen LogP contribution is -2.28. The second-order valence-electron chi connectivity index (χ2n) is 2.25. The van der Waals surface area contributed by atoms with Gasteiger partial charge in [0.05, 0.1) is 6.61 Å². The van der Waals surface area contributed by atoms with E-state index in [9.17, 15) is 4.79 Å². The van der Waals surface area contributed by atoms with Crippen LogP contribution in [-0.4, -0.2) is 31.2 Å². The Balaban J connectivity index is 0.000000561. The molecule has 0 radical (unpaired) electrons. The molecule has 0 aromatic carbocycles. The van der Waals surface area contributed by atoms with E-state index in [0.29, 0.717) is 13.2 Å². The Morgan fingerprint density at radius 3 is 2.75 bits per heavy atom. The predicted molar refractivity (Wildman–Crippen MR) is 49.1 cm³/mol. The third-order valence-electron chi connectivity index (χ3n) is 1.37. The second-order valence-corrected chi connectivity index (χ2v) is 2.25. The number of rotatable bonds is 0. The van der Waals surface area contributed by atoms with Gasteiger partial charge in [-0.25, -0.2) is 4.79 Å². The fourth-order valence-electron chi connectivity index (χ4n) is 0.750. The maximum atomic E-state index is 10.8. The van der Waals surface area contributed by atoms with E-state index in [1.807, 2.05) is 26.0 Å². The number of hydrogen-bond acceptors (Lipinski definition) is 2. The molecule has 3 nitrogen and oxygen atoms in total. The van der Waals surface area contributed by atoms with E-state index in [1.165, 1.54) is 4.90 Å². The van der Waals surface area contributed by atoms with Gasteiger partial charge in [-0.2, -0.15) is 0 Å². The summed E-state index contributed by atoms with van der Waals surface area (Å²) in [6.07, 6.45) is 4.59. The second kappa shape index (κ2) is 6.70. The van der Waals surface area contributed by atoms with Gasteiger partial charge < -0.3 is 9.64 Å². The molecule has 0 saturated carbocycles. The molecule has 0 bridgehead atoms. The Morgan fingerprint density at radius 1 is 1.42 bits per heavy atom. The van der Waals surface area contributed by atoms with Crippen molar-refractivity contribution in [1.82, 2.24) is 4.90 Å². The Morgan fingerprint density at radius 2 is 2.08 bits per heavy atom. The van der Waals surface area contributed by atoms with Gasteiger partial charge in [-0.15, -0.1) is 0 Å². The summed E-state index contributed by atoms with van der Waals surface area (Å²) in [5, 5.41) is 0. The van der Waals surface area contributed by atoms with Gasteiger partial charge in [0.15, 0.2) is 0 Å². The van der Waals surface area contributed by atoms with Crippen molar-refractivity contribution in [2.45, 2.75) is 20.3 Å². The van der Waals surface area contributed by atoms with Crippen molar-refractivity contribution in [2.24, 2.45) is 0 Å². The first-order chi connectivity index (χ1) is 5.80. The number of amides is 1. The Hall–Kier alpha value is -0.990. The molecule has 0 N–H and O–H groups in total. The highest BCUT2D eigenvalue weighted by atomic mass is 16.6. The molecule has 0 atom stereocenters. The highest BCUT2D eigenvalue weighted by molar-refractivity contribution is 5.67. The number of hydrogen-bond donors (Lipinski definition) is 0. The zero-order chi connectivity index (χ0) is 9.40. The van der Waals surface area contributed by atoms with Gasteiger partial charge in [-0.3, -0.25) is 0 Å². The minimum absolute atomic E-state index is 0.232. The van der Waals surface area contributed by atoms with E-state index in [0.717, 1.165) is 6.42 Å². The van der Waals surface area contributed by atoms with Gasteiger partial charge in [0, 0.05) is 13.6 Å². The Bertz CT molecular complexity index is 155. The fraction of sp³-hybridized carbons (Fsp3) is 0.667. The minimum atomic E-state index is -0.232. The first-order valence-electron chi connectivity index (χ1n) is 4.33. The van der Waals surface area contributed by atoms with E-state index in [1.54, 1.807) is 7.05 Å². The third kappa shape index (κ3) is 4.01. The van der Waals surface area contributed by atoms with E-state index in [-0.39, 0.29) is 6.09 Å². The minimum Gasteiger partial charge on any atom is -0.449 e. The fourth-order valence-corrected chi connectivity index (χ4v) is 0.750. The molecule has 70 valence electrons. The summed E-state index contributed by atoms with van der Waals surface area (Å²) >= 11 is 0. The van der Waals surface area contributed by atoms with Crippen molar-refractivity contribution in [1.29, 1.82) is 0 Å². The normalized spacial score (nSPS) is 19.6. The molecule has 3 heteroatoms. The summed E-state index contributed by atoms with van der Waals surface area (Å²) < 4.78 is 4.83. The van der Waals surface area contributed by atoms with E-state index in [2.05, 4.69) is 0 Å². The lowest BCUT2D eigenvalue weighted by Gasteiger charge is -2.16. The van der Waals surface area contributed by atoms with Crippen molar-refractivity contribution < 1.29 is 9.53 Å². The summed E-state index contributed by atoms with van der Waals surface area (Å²) in [7, 11) is 1.72. The monoisotopic (exact) mass is 171 g/mol. The van der Waals surface area contributed by atoms with Crippen molar-refractivity contribution in [3.63, 3.8) is 0 Å². The average molecular weight is 171 g/mol. The molecule has 1 aliphatic heterocycles.